The van der Waals surface area contributed by atoms with Gasteiger partial charge in [-0.3, -0.25) is 9.13 Å². The highest BCUT2D eigenvalue weighted by molar-refractivity contribution is 7.62. The van der Waals surface area contributed by atoms with Gasteiger partial charge < -0.3 is 9.05 Å². The van der Waals surface area contributed by atoms with Gasteiger partial charge in [-0.1, -0.05) is 107 Å². The summed E-state index contributed by atoms with van der Waals surface area (Å²) in [4.78, 5) is 0. The van der Waals surface area contributed by atoms with Crippen LogP contribution in [0.4, 0.5) is 0 Å². The van der Waals surface area contributed by atoms with Gasteiger partial charge in [0.1, 0.15) is 5.75 Å². The Balaban J connectivity index is 1.63. The molecule has 1 aliphatic rings. The third-order valence-corrected chi connectivity index (χ3v) is 13.9. The fraction of sp³-hybridized carbons (Fsp3) is 0.500. The number of hydrogen-bond donors (Lipinski definition) is 0. The van der Waals surface area contributed by atoms with E-state index in [1.165, 1.54) is 6.42 Å². The fourth-order valence-corrected chi connectivity index (χ4v) is 11.9. The molecule has 3 aromatic rings. The molecule has 5 unspecified atom stereocenters. The summed E-state index contributed by atoms with van der Waals surface area (Å²) in [5, 5.41) is 0. The maximum absolute atomic E-state index is 14.8. The lowest BCUT2D eigenvalue weighted by atomic mass is 9.76. The number of rotatable bonds is 13. The van der Waals surface area contributed by atoms with Crippen molar-refractivity contribution in [2.24, 2.45) is 17.8 Å². The Morgan fingerprint density at radius 1 is 0.786 bits per heavy atom. The highest BCUT2D eigenvalue weighted by atomic mass is 31.2. The molecule has 5 atom stereocenters. The molecule has 0 bridgehead atoms. The van der Waals surface area contributed by atoms with Crippen LogP contribution in [-0.4, -0.2) is 18.4 Å². The zero-order valence-corrected chi connectivity index (χ0v) is 28.2. The second kappa shape index (κ2) is 14.6. The first-order valence-corrected chi connectivity index (χ1v) is 19.7. The lowest BCUT2D eigenvalue weighted by Crippen LogP contribution is -2.32. The Hall–Kier alpha value is -2.12. The van der Waals surface area contributed by atoms with E-state index in [0.717, 1.165) is 35.1 Å². The van der Waals surface area contributed by atoms with Gasteiger partial charge in [-0.25, -0.2) is 0 Å². The van der Waals surface area contributed by atoms with Gasteiger partial charge in [0.15, 0.2) is 0 Å². The largest absolute Gasteiger partial charge is 0.442 e. The minimum Gasteiger partial charge on any atom is -0.442 e. The molecule has 0 N–H and O–H groups in total. The highest BCUT2D eigenvalue weighted by Gasteiger charge is 2.38. The zero-order chi connectivity index (χ0) is 30.3. The third-order valence-electron chi connectivity index (χ3n) is 8.89. The first kappa shape index (κ1) is 32.8. The average Bonchev–Trinajstić information content (AvgIpc) is 2.95. The highest BCUT2D eigenvalue weighted by Crippen LogP contribution is 2.59. The van der Waals surface area contributed by atoms with Crippen LogP contribution >= 0.6 is 14.7 Å². The molecular weight excluding hydrogens is 558 g/mol. The number of benzene rings is 3. The molecule has 1 saturated carbocycles. The summed E-state index contributed by atoms with van der Waals surface area (Å²) in [5.41, 5.74) is 4.04. The monoisotopic (exact) mass is 608 g/mol. The predicted octanol–water partition coefficient (Wildman–Crippen LogP) is 10.9. The minimum atomic E-state index is -3.29. The summed E-state index contributed by atoms with van der Waals surface area (Å²) in [6.45, 7) is 13.0. The van der Waals surface area contributed by atoms with Gasteiger partial charge in [-0.15, -0.1) is 0 Å². The van der Waals surface area contributed by atoms with Crippen molar-refractivity contribution < 1.29 is 18.2 Å². The van der Waals surface area contributed by atoms with Gasteiger partial charge in [0.2, 0.25) is 7.37 Å². The van der Waals surface area contributed by atoms with E-state index in [9.17, 15) is 9.13 Å². The smallest absolute Gasteiger partial charge is 0.252 e. The van der Waals surface area contributed by atoms with Crippen LogP contribution in [0.15, 0.2) is 78.9 Å². The lowest BCUT2D eigenvalue weighted by Gasteiger charge is -2.38. The van der Waals surface area contributed by atoms with Crippen LogP contribution in [0, 0.1) is 24.7 Å². The van der Waals surface area contributed by atoms with E-state index < -0.39 is 14.7 Å². The zero-order valence-electron chi connectivity index (χ0n) is 26.4. The van der Waals surface area contributed by atoms with Gasteiger partial charge in [-0.05, 0) is 78.2 Å². The molecule has 0 spiro atoms. The minimum absolute atomic E-state index is 0.0555. The molecule has 0 amide bonds. The Labute approximate surface area is 254 Å². The summed E-state index contributed by atoms with van der Waals surface area (Å²) in [7, 11) is -6.49. The molecule has 0 radical (unpaired) electrons. The van der Waals surface area contributed by atoms with Crippen molar-refractivity contribution in [1.82, 2.24) is 0 Å². The third kappa shape index (κ3) is 9.19. The van der Waals surface area contributed by atoms with E-state index in [1.807, 2.05) is 79.7 Å². The van der Waals surface area contributed by atoms with Crippen molar-refractivity contribution in [2.75, 3.05) is 12.3 Å². The fourth-order valence-electron chi connectivity index (χ4n) is 5.92. The van der Waals surface area contributed by atoms with Gasteiger partial charge >= 0.3 is 0 Å². The van der Waals surface area contributed by atoms with Crippen molar-refractivity contribution in [3.63, 3.8) is 0 Å². The number of aryl methyl sites for hydroxylation is 1. The summed E-state index contributed by atoms with van der Waals surface area (Å²) in [6.07, 6.45) is 4.21. The van der Waals surface area contributed by atoms with Gasteiger partial charge in [0.25, 0.3) is 7.37 Å². The van der Waals surface area contributed by atoms with E-state index in [0.29, 0.717) is 41.7 Å². The summed E-state index contributed by atoms with van der Waals surface area (Å²) in [6, 6.07) is 26.0. The Morgan fingerprint density at radius 2 is 1.36 bits per heavy atom. The maximum Gasteiger partial charge on any atom is 0.252 e. The first-order chi connectivity index (χ1) is 20.0. The van der Waals surface area contributed by atoms with Crippen molar-refractivity contribution >= 4 is 14.7 Å². The molecule has 228 valence electrons. The molecule has 4 nitrogen and oxygen atoms in total. The molecule has 1 fully saturated rings. The molecule has 0 heterocycles. The van der Waals surface area contributed by atoms with Crippen molar-refractivity contribution in [2.45, 2.75) is 85.2 Å². The predicted molar refractivity (Wildman–Crippen MR) is 177 cm³/mol. The summed E-state index contributed by atoms with van der Waals surface area (Å²) < 4.78 is 42.9. The molecule has 0 saturated heterocycles. The SMILES string of the molecule is Cc1ccc(C(C)C)cc1OP(=O)(CCP(=O)(Cc1ccccc1)OC1CC(C(C)C)CCC1C)Cc1ccccc1. The van der Waals surface area contributed by atoms with E-state index in [-0.39, 0.29) is 18.4 Å². The standard InChI is InChI=1S/C36H50O4P2/c1-27(2)33-19-17-29(5)35(23-33)39-41(37,25-31-13-9-7-10-14-31)21-22-42(38,26-32-15-11-8-12-16-32)40-36-24-34(28(3)4)20-18-30(36)6/h7-17,19,23,27-28,30,34,36H,18,20-22,24-26H2,1-6H3. The van der Waals surface area contributed by atoms with Gasteiger partial charge in [0, 0.05) is 18.5 Å². The lowest BCUT2D eigenvalue weighted by molar-refractivity contribution is 0.0625. The van der Waals surface area contributed by atoms with Crippen LogP contribution in [0.3, 0.4) is 0 Å². The van der Waals surface area contributed by atoms with E-state index >= 15 is 0 Å². The van der Waals surface area contributed by atoms with Crippen LogP contribution in [0.1, 0.15) is 82.1 Å². The van der Waals surface area contributed by atoms with Crippen molar-refractivity contribution in [3.05, 3.63) is 101 Å². The van der Waals surface area contributed by atoms with Crippen LogP contribution in [0.5, 0.6) is 5.75 Å². The summed E-state index contributed by atoms with van der Waals surface area (Å²) in [5.74, 6) is 2.47. The van der Waals surface area contributed by atoms with Crippen LogP contribution in [-0.2, 0) is 26.0 Å². The van der Waals surface area contributed by atoms with E-state index in [4.69, 9.17) is 9.05 Å². The second-order valence-corrected chi connectivity index (χ2v) is 18.3. The molecule has 0 aliphatic heterocycles. The molecule has 42 heavy (non-hydrogen) atoms. The van der Waals surface area contributed by atoms with Gasteiger partial charge in [-0.2, -0.15) is 0 Å². The van der Waals surface area contributed by atoms with Crippen LogP contribution in [0.2, 0.25) is 0 Å². The van der Waals surface area contributed by atoms with E-state index in [2.05, 4.69) is 40.7 Å². The summed E-state index contributed by atoms with van der Waals surface area (Å²) >= 11 is 0. The normalized spacial score (nSPS) is 22.0. The van der Waals surface area contributed by atoms with Crippen molar-refractivity contribution in [1.29, 1.82) is 0 Å². The quantitative estimate of drug-likeness (QED) is 0.181. The second-order valence-electron chi connectivity index (χ2n) is 13.1. The van der Waals surface area contributed by atoms with Crippen LogP contribution in [0.25, 0.3) is 0 Å². The molecule has 0 aromatic heterocycles. The molecule has 3 aromatic carbocycles. The van der Waals surface area contributed by atoms with Gasteiger partial charge in [0.05, 0.1) is 12.3 Å². The Bertz CT molecular complexity index is 1370. The number of hydrogen-bond acceptors (Lipinski definition) is 4. The Morgan fingerprint density at radius 3 is 1.93 bits per heavy atom. The molecule has 6 heteroatoms. The Kier molecular flexibility index (Phi) is 11.4. The first-order valence-electron chi connectivity index (χ1n) is 15.7. The molecule has 4 rings (SSSR count). The van der Waals surface area contributed by atoms with Crippen LogP contribution < -0.4 is 4.52 Å². The molecule has 1 aliphatic carbocycles. The van der Waals surface area contributed by atoms with E-state index in [1.54, 1.807) is 0 Å². The maximum atomic E-state index is 14.8. The van der Waals surface area contributed by atoms with Crippen molar-refractivity contribution in [3.8, 4) is 5.75 Å². The topological polar surface area (TPSA) is 52.6 Å². The molecular formula is C36H50O4P2. The average molecular weight is 609 g/mol.